The second-order valence-electron chi connectivity index (χ2n) is 5.25. The van der Waals surface area contributed by atoms with Gasteiger partial charge in [-0.1, -0.05) is 18.2 Å². The zero-order valence-corrected chi connectivity index (χ0v) is 16.4. The van der Waals surface area contributed by atoms with Crippen LogP contribution in [0.2, 0.25) is 0 Å². The van der Waals surface area contributed by atoms with Crippen molar-refractivity contribution in [3.05, 3.63) is 60.2 Å². The molecule has 0 aliphatic heterocycles. The van der Waals surface area contributed by atoms with E-state index in [2.05, 4.69) is 16.1 Å². The number of benzene rings is 2. The first-order valence-corrected chi connectivity index (χ1v) is 9.93. The number of carbonyl (C=O) groups excluding carboxylic acids is 2. The molecule has 0 unspecified atom stereocenters. The first-order valence-electron chi connectivity index (χ1n) is 8.04. The number of ether oxygens (including phenoxy) is 1. The molecule has 0 saturated carbocycles. The van der Waals surface area contributed by atoms with E-state index in [0.717, 1.165) is 0 Å². The fourth-order valence-corrected chi connectivity index (χ4v) is 3.03. The highest BCUT2D eigenvalue weighted by Crippen LogP contribution is 2.10. The van der Waals surface area contributed by atoms with Crippen LogP contribution in [0.25, 0.3) is 0 Å². The topological polar surface area (TPSA) is 126 Å². The lowest BCUT2D eigenvalue weighted by Crippen LogP contribution is -2.41. The van der Waals surface area contributed by atoms with Crippen molar-refractivity contribution < 1.29 is 22.7 Å². The molecule has 0 aliphatic rings. The summed E-state index contributed by atoms with van der Waals surface area (Å²) in [5, 5.41) is 5.11. The van der Waals surface area contributed by atoms with Crippen LogP contribution in [-0.2, 0) is 14.8 Å². The molecule has 0 saturated heterocycles. The molecule has 2 aromatic rings. The average Bonchev–Trinajstić information content (AvgIpc) is 2.67. The van der Waals surface area contributed by atoms with Gasteiger partial charge in [-0.25, -0.2) is 13.2 Å². The maximum Gasteiger partial charge on any atom is 0.413 e. The minimum absolute atomic E-state index is 0.0254. The Labute approximate surface area is 167 Å². The Morgan fingerprint density at radius 1 is 1.04 bits per heavy atom. The Hall–Kier alpha value is -3.02. The lowest BCUT2D eigenvalue weighted by molar-refractivity contribution is 0.0945. The second-order valence-corrected chi connectivity index (χ2v) is 7.34. The number of alkyl carbamates (subject to hydrolysis) is 1. The summed E-state index contributed by atoms with van der Waals surface area (Å²) >= 11 is 4.96. The molecule has 28 heavy (non-hydrogen) atoms. The van der Waals surface area contributed by atoms with Gasteiger partial charge in [0.05, 0.1) is 11.5 Å². The predicted molar refractivity (Wildman–Crippen MR) is 107 cm³/mol. The zero-order valence-electron chi connectivity index (χ0n) is 14.8. The maximum absolute atomic E-state index is 12.1. The normalized spacial score (nSPS) is 10.6. The fraction of sp³-hybridized carbons (Fsp3) is 0.118. The van der Waals surface area contributed by atoms with Gasteiger partial charge in [-0.15, -0.1) is 4.83 Å². The number of anilines is 1. The molecule has 0 atom stereocenters. The molecule has 0 spiro atoms. The van der Waals surface area contributed by atoms with E-state index in [1.165, 1.54) is 24.3 Å². The molecule has 4 N–H and O–H groups in total. The molecule has 0 aromatic heterocycles. The third kappa shape index (κ3) is 6.30. The lowest BCUT2D eigenvalue weighted by atomic mass is 10.2. The van der Waals surface area contributed by atoms with Crippen LogP contribution in [0.3, 0.4) is 0 Å². The monoisotopic (exact) mass is 422 g/mol. The van der Waals surface area contributed by atoms with E-state index in [1.54, 1.807) is 37.3 Å². The molecule has 2 rings (SSSR count). The molecule has 0 radical (unpaired) electrons. The Kier molecular flexibility index (Phi) is 7.44. The minimum Gasteiger partial charge on any atom is -0.450 e. The van der Waals surface area contributed by atoms with E-state index < -0.39 is 22.0 Å². The number of hydrazine groups is 1. The van der Waals surface area contributed by atoms with E-state index >= 15 is 0 Å². The van der Waals surface area contributed by atoms with Gasteiger partial charge in [0, 0.05) is 11.3 Å². The number of sulfonamides is 1. The number of thiocarbonyl (C=S) groups is 1. The van der Waals surface area contributed by atoms with Crippen molar-refractivity contribution in [1.29, 1.82) is 0 Å². The molecule has 2 amide bonds. The Morgan fingerprint density at radius 3 is 2.29 bits per heavy atom. The van der Waals surface area contributed by atoms with Crippen molar-refractivity contribution in [3.63, 3.8) is 0 Å². The molecule has 148 valence electrons. The molecule has 11 heteroatoms. The number of hydrogen-bond donors (Lipinski definition) is 4. The number of carbonyl (C=O) groups is 2. The number of amides is 2. The molecular formula is C17H18N4O5S2. The van der Waals surface area contributed by atoms with Crippen LogP contribution in [0.1, 0.15) is 17.3 Å². The fourth-order valence-electron chi connectivity index (χ4n) is 1.97. The Bertz CT molecular complexity index is 947. The summed E-state index contributed by atoms with van der Waals surface area (Å²) in [4.78, 5) is 25.4. The van der Waals surface area contributed by atoms with Crippen LogP contribution in [0.5, 0.6) is 0 Å². The summed E-state index contributed by atoms with van der Waals surface area (Å²) in [6, 6.07) is 13.6. The molecule has 2 aromatic carbocycles. The summed E-state index contributed by atoms with van der Waals surface area (Å²) in [6.45, 7) is 1.88. The third-order valence-electron chi connectivity index (χ3n) is 3.25. The molecular weight excluding hydrogens is 404 g/mol. The molecule has 0 fully saturated rings. The molecule has 0 bridgehead atoms. The highest BCUT2D eigenvalue weighted by atomic mass is 32.2. The highest BCUT2D eigenvalue weighted by Gasteiger charge is 2.15. The van der Waals surface area contributed by atoms with Crippen LogP contribution in [0, 0.1) is 0 Å². The van der Waals surface area contributed by atoms with Crippen molar-refractivity contribution in [1.82, 2.24) is 15.6 Å². The predicted octanol–water partition coefficient (Wildman–Crippen LogP) is 1.75. The minimum atomic E-state index is -3.87. The van der Waals surface area contributed by atoms with Crippen molar-refractivity contribution in [3.8, 4) is 0 Å². The van der Waals surface area contributed by atoms with Gasteiger partial charge >= 0.3 is 6.09 Å². The molecule has 0 aliphatic carbocycles. The number of hydrogen-bond acceptors (Lipinski definition) is 6. The van der Waals surface area contributed by atoms with Crippen molar-refractivity contribution >= 4 is 45.0 Å². The van der Waals surface area contributed by atoms with Gasteiger partial charge in [0.1, 0.15) is 0 Å². The lowest BCUT2D eigenvalue weighted by Gasteiger charge is -2.11. The quantitative estimate of drug-likeness (QED) is 0.413. The summed E-state index contributed by atoms with van der Waals surface area (Å²) in [5.41, 5.74) is 2.87. The summed E-state index contributed by atoms with van der Waals surface area (Å²) < 4.78 is 28.9. The maximum atomic E-state index is 12.1. The van der Waals surface area contributed by atoms with E-state index in [4.69, 9.17) is 17.0 Å². The van der Waals surface area contributed by atoms with Gasteiger partial charge in [0.15, 0.2) is 5.11 Å². The molecule has 0 heterocycles. The van der Waals surface area contributed by atoms with E-state index in [0.29, 0.717) is 5.69 Å². The van der Waals surface area contributed by atoms with Crippen LogP contribution in [-0.4, -0.2) is 32.1 Å². The first-order chi connectivity index (χ1) is 13.3. The average molecular weight is 422 g/mol. The SMILES string of the molecule is CCOC(=O)NC(=S)Nc1ccc(C(=O)NNS(=O)(=O)c2ccccc2)cc1. The highest BCUT2D eigenvalue weighted by molar-refractivity contribution is 7.89. The van der Waals surface area contributed by atoms with Crippen LogP contribution in [0.15, 0.2) is 59.5 Å². The summed E-state index contributed by atoms with van der Waals surface area (Å²) in [7, 11) is -3.87. The zero-order chi connectivity index (χ0) is 20.6. The van der Waals surface area contributed by atoms with E-state index in [-0.39, 0.29) is 22.2 Å². The first kappa shape index (κ1) is 21.3. The van der Waals surface area contributed by atoms with Gasteiger partial charge in [-0.3, -0.25) is 15.5 Å². The van der Waals surface area contributed by atoms with E-state index in [1.807, 2.05) is 4.83 Å². The largest absolute Gasteiger partial charge is 0.450 e. The van der Waals surface area contributed by atoms with Crippen molar-refractivity contribution in [2.45, 2.75) is 11.8 Å². The van der Waals surface area contributed by atoms with Crippen LogP contribution >= 0.6 is 12.2 Å². The number of nitrogens with one attached hydrogen (secondary N) is 4. The van der Waals surface area contributed by atoms with Gasteiger partial charge in [0.25, 0.3) is 15.9 Å². The van der Waals surface area contributed by atoms with Crippen LogP contribution < -0.4 is 20.9 Å². The smallest absolute Gasteiger partial charge is 0.413 e. The summed E-state index contributed by atoms with van der Waals surface area (Å²) in [5.74, 6) is -0.640. The van der Waals surface area contributed by atoms with Gasteiger partial charge in [-0.2, -0.15) is 0 Å². The van der Waals surface area contributed by atoms with Gasteiger partial charge < -0.3 is 10.1 Å². The van der Waals surface area contributed by atoms with Crippen molar-refractivity contribution in [2.75, 3.05) is 11.9 Å². The summed E-state index contributed by atoms with van der Waals surface area (Å²) in [6.07, 6.45) is -0.679. The van der Waals surface area contributed by atoms with Gasteiger partial charge in [0.2, 0.25) is 0 Å². The standard InChI is InChI=1S/C17H18N4O5S2/c1-2-26-17(23)19-16(27)18-13-10-8-12(9-11-13)15(22)20-21-28(24,25)14-6-4-3-5-7-14/h3-11,21H,2H2,1H3,(H,20,22)(H2,18,19,23,27). The Balaban J connectivity index is 1.91. The number of rotatable bonds is 6. The Morgan fingerprint density at radius 2 is 1.68 bits per heavy atom. The third-order valence-corrected chi connectivity index (χ3v) is 4.72. The van der Waals surface area contributed by atoms with Crippen LogP contribution in [0.4, 0.5) is 10.5 Å². The van der Waals surface area contributed by atoms with E-state index in [9.17, 15) is 18.0 Å². The molecule has 9 nitrogen and oxygen atoms in total. The van der Waals surface area contributed by atoms with Crippen molar-refractivity contribution in [2.24, 2.45) is 0 Å². The second kappa shape index (κ2) is 9.78. The van der Waals surface area contributed by atoms with Gasteiger partial charge in [-0.05, 0) is 55.5 Å².